The smallest absolute Gasteiger partial charge is 0.345 e. The molecule has 0 bridgehead atoms. The first-order valence-corrected chi connectivity index (χ1v) is 7.44. The second-order valence-corrected chi connectivity index (χ2v) is 6.69. The Bertz CT molecular complexity index is 769. The van der Waals surface area contributed by atoms with Gasteiger partial charge in [-0.3, -0.25) is 4.72 Å². The fourth-order valence-corrected chi connectivity index (χ4v) is 3.55. The van der Waals surface area contributed by atoms with Gasteiger partial charge in [0, 0.05) is 6.07 Å². The molecule has 0 aliphatic heterocycles. The van der Waals surface area contributed by atoms with Crippen molar-refractivity contribution < 1.29 is 27.8 Å². The van der Waals surface area contributed by atoms with Crippen molar-refractivity contribution in [3.8, 4) is 5.75 Å². The second-order valence-electron chi connectivity index (χ2n) is 3.70. The van der Waals surface area contributed by atoms with Crippen LogP contribution >= 0.6 is 11.3 Å². The van der Waals surface area contributed by atoms with Crippen molar-refractivity contribution in [2.75, 3.05) is 4.72 Å². The summed E-state index contributed by atoms with van der Waals surface area (Å²) in [6.45, 7) is 0. The van der Waals surface area contributed by atoms with E-state index in [4.69, 9.17) is 10.2 Å². The number of carboxylic acid groups (broad SMARTS) is 1. The van der Waals surface area contributed by atoms with Crippen molar-refractivity contribution in [3.63, 3.8) is 0 Å². The molecule has 106 valence electrons. The zero-order chi connectivity index (χ0) is 14.9. The van der Waals surface area contributed by atoms with Crippen LogP contribution in [0.3, 0.4) is 0 Å². The molecule has 2 aromatic rings. The molecular weight excluding hydrogens is 309 g/mol. The van der Waals surface area contributed by atoms with Gasteiger partial charge in [-0.1, -0.05) is 0 Å². The Labute approximate surface area is 117 Å². The predicted molar refractivity (Wildman–Crippen MR) is 70.2 cm³/mol. The van der Waals surface area contributed by atoms with Crippen LogP contribution in [0, 0.1) is 5.82 Å². The molecule has 0 radical (unpaired) electrons. The van der Waals surface area contributed by atoms with E-state index in [1.807, 2.05) is 0 Å². The number of hydrogen-bond acceptors (Lipinski definition) is 5. The molecule has 20 heavy (non-hydrogen) atoms. The Morgan fingerprint density at radius 3 is 2.50 bits per heavy atom. The Morgan fingerprint density at radius 2 is 1.95 bits per heavy atom. The number of anilines is 1. The zero-order valence-electron chi connectivity index (χ0n) is 9.70. The standard InChI is InChI=1S/C11H8FNO5S2/c12-7-5-6(1-2-8(7)14)13-20(17,18)10-4-3-9(19-10)11(15)16/h1-5,13-14H,(H,15,16). The summed E-state index contributed by atoms with van der Waals surface area (Å²) in [4.78, 5) is 10.6. The minimum Gasteiger partial charge on any atom is -0.505 e. The highest BCUT2D eigenvalue weighted by molar-refractivity contribution is 7.94. The van der Waals surface area contributed by atoms with E-state index >= 15 is 0 Å². The number of nitrogens with one attached hydrogen (secondary N) is 1. The molecule has 1 heterocycles. The number of phenolic OH excluding ortho intramolecular Hbond substituents is 1. The number of rotatable bonds is 4. The first-order chi connectivity index (χ1) is 9.29. The molecule has 0 saturated carbocycles. The van der Waals surface area contributed by atoms with Crippen molar-refractivity contribution in [1.29, 1.82) is 0 Å². The van der Waals surface area contributed by atoms with E-state index in [-0.39, 0.29) is 14.8 Å². The summed E-state index contributed by atoms with van der Waals surface area (Å²) in [6.07, 6.45) is 0. The number of hydrogen-bond donors (Lipinski definition) is 3. The molecular formula is C11H8FNO5S2. The number of sulfonamides is 1. The number of carbonyl (C=O) groups is 1. The van der Waals surface area contributed by atoms with Crippen molar-refractivity contribution in [2.45, 2.75) is 4.21 Å². The maximum absolute atomic E-state index is 13.1. The number of halogens is 1. The van der Waals surface area contributed by atoms with Crippen molar-refractivity contribution in [2.24, 2.45) is 0 Å². The van der Waals surface area contributed by atoms with E-state index in [0.29, 0.717) is 11.3 Å². The summed E-state index contributed by atoms with van der Waals surface area (Å²) in [5, 5.41) is 17.7. The third-order valence-corrected chi connectivity index (χ3v) is 5.20. The lowest BCUT2D eigenvalue weighted by Crippen LogP contribution is -2.11. The maximum atomic E-state index is 13.1. The number of thiophene rings is 1. The zero-order valence-corrected chi connectivity index (χ0v) is 11.3. The largest absolute Gasteiger partial charge is 0.505 e. The minimum atomic E-state index is -4.00. The van der Waals surface area contributed by atoms with Gasteiger partial charge in [-0.25, -0.2) is 17.6 Å². The Morgan fingerprint density at radius 1 is 1.25 bits per heavy atom. The SMILES string of the molecule is O=C(O)c1ccc(S(=O)(=O)Nc2ccc(O)c(F)c2)s1. The van der Waals surface area contributed by atoms with Gasteiger partial charge in [0.1, 0.15) is 9.09 Å². The summed E-state index contributed by atoms with van der Waals surface area (Å²) in [5.41, 5.74) is -0.0782. The molecule has 6 nitrogen and oxygen atoms in total. The van der Waals surface area contributed by atoms with Crippen molar-refractivity contribution in [1.82, 2.24) is 0 Å². The van der Waals surface area contributed by atoms with Gasteiger partial charge < -0.3 is 10.2 Å². The Hall–Kier alpha value is -2.13. The third kappa shape index (κ3) is 2.89. The fourth-order valence-electron chi connectivity index (χ4n) is 1.36. The van der Waals surface area contributed by atoms with Crippen LogP contribution in [0.5, 0.6) is 5.75 Å². The summed E-state index contributed by atoms with van der Waals surface area (Å²) in [6, 6.07) is 5.32. The van der Waals surface area contributed by atoms with Crippen LogP contribution in [0.4, 0.5) is 10.1 Å². The summed E-state index contributed by atoms with van der Waals surface area (Å²) in [5.74, 6) is -2.80. The van der Waals surface area contributed by atoms with Crippen LogP contribution in [0.15, 0.2) is 34.5 Å². The van der Waals surface area contributed by atoms with Gasteiger partial charge in [-0.2, -0.15) is 0 Å². The second kappa shape index (κ2) is 5.10. The van der Waals surface area contributed by atoms with Gasteiger partial charge in [-0.15, -0.1) is 11.3 Å². The van der Waals surface area contributed by atoms with Gasteiger partial charge >= 0.3 is 5.97 Å². The minimum absolute atomic E-state index is 0.0782. The van der Waals surface area contributed by atoms with Gasteiger partial charge in [0.2, 0.25) is 0 Å². The fraction of sp³-hybridized carbons (Fsp3) is 0. The number of phenols is 1. The molecule has 1 aromatic carbocycles. The number of aromatic hydroxyl groups is 1. The van der Waals surface area contributed by atoms with Gasteiger partial charge in [0.05, 0.1) is 5.69 Å². The van der Waals surface area contributed by atoms with E-state index in [2.05, 4.69) is 4.72 Å². The molecule has 3 N–H and O–H groups in total. The van der Waals surface area contributed by atoms with E-state index in [1.165, 1.54) is 12.1 Å². The van der Waals surface area contributed by atoms with E-state index in [0.717, 1.165) is 18.2 Å². The van der Waals surface area contributed by atoms with Gasteiger partial charge in [-0.05, 0) is 24.3 Å². The Kier molecular flexibility index (Phi) is 3.64. The quantitative estimate of drug-likeness (QED) is 0.749. The molecule has 0 aliphatic rings. The average molecular weight is 317 g/mol. The monoisotopic (exact) mass is 317 g/mol. The molecule has 0 unspecified atom stereocenters. The number of aromatic carboxylic acids is 1. The van der Waals surface area contributed by atoms with Crippen LogP contribution in [0.2, 0.25) is 0 Å². The lowest BCUT2D eigenvalue weighted by Gasteiger charge is -2.06. The summed E-state index contributed by atoms with van der Waals surface area (Å²) < 4.78 is 38.9. The number of carboxylic acids is 1. The molecule has 2 rings (SSSR count). The van der Waals surface area contributed by atoms with Gasteiger partial charge in [0.15, 0.2) is 11.6 Å². The normalized spacial score (nSPS) is 11.2. The summed E-state index contributed by atoms with van der Waals surface area (Å²) in [7, 11) is -4.00. The molecule has 0 fully saturated rings. The van der Waals surface area contributed by atoms with E-state index in [9.17, 15) is 17.6 Å². The first kappa shape index (κ1) is 14.3. The van der Waals surface area contributed by atoms with Crippen LogP contribution in [0.25, 0.3) is 0 Å². The lowest BCUT2D eigenvalue weighted by atomic mass is 10.3. The van der Waals surface area contributed by atoms with Crippen molar-refractivity contribution in [3.05, 3.63) is 41.0 Å². The predicted octanol–water partition coefficient (Wildman–Crippen LogP) is 2.09. The highest BCUT2D eigenvalue weighted by Crippen LogP contribution is 2.26. The molecule has 0 saturated heterocycles. The highest BCUT2D eigenvalue weighted by atomic mass is 32.2. The van der Waals surface area contributed by atoms with E-state index < -0.39 is 27.6 Å². The van der Waals surface area contributed by atoms with Crippen molar-refractivity contribution >= 4 is 33.0 Å². The van der Waals surface area contributed by atoms with Crippen LogP contribution < -0.4 is 4.72 Å². The maximum Gasteiger partial charge on any atom is 0.345 e. The van der Waals surface area contributed by atoms with Crippen LogP contribution in [0.1, 0.15) is 9.67 Å². The van der Waals surface area contributed by atoms with E-state index in [1.54, 1.807) is 0 Å². The lowest BCUT2D eigenvalue weighted by molar-refractivity contribution is 0.0702. The molecule has 0 aliphatic carbocycles. The van der Waals surface area contributed by atoms with Gasteiger partial charge in [0.25, 0.3) is 10.0 Å². The van der Waals surface area contributed by atoms with Crippen LogP contribution in [-0.4, -0.2) is 24.6 Å². The molecule has 0 amide bonds. The third-order valence-electron chi connectivity index (χ3n) is 2.26. The Balaban J connectivity index is 2.30. The molecule has 0 atom stereocenters. The highest BCUT2D eigenvalue weighted by Gasteiger charge is 2.19. The molecule has 1 aromatic heterocycles. The molecule has 0 spiro atoms. The average Bonchev–Trinajstić information content (AvgIpc) is 2.84. The first-order valence-electron chi connectivity index (χ1n) is 5.14. The summed E-state index contributed by atoms with van der Waals surface area (Å²) >= 11 is 0.581. The molecule has 9 heteroatoms. The topological polar surface area (TPSA) is 104 Å². The van der Waals surface area contributed by atoms with Crippen LogP contribution in [-0.2, 0) is 10.0 Å². The number of benzene rings is 1.